The number of amides is 1. The van der Waals surface area contributed by atoms with Crippen molar-refractivity contribution < 1.29 is 9.90 Å². The number of nitrogens with zero attached hydrogens (tertiary/aromatic N) is 2. The highest BCUT2D eigenvalue weighted by Gasteiger charge is 2.24. The molecule has 1 aliphatic carbocycles. The number of carbonyl (C=O) groups excluding carboxylic acids is 1. The number of β-amino-alcohol motifs (C(OH)–C–C–N with tert-alkyl or cyclic N) is 1. The summed E-state index contributed by atoms with van der Waals surface area (Å²) in [6, 6.07) is 0. The first-order valence-corrected chi connectivity index (χ1v) is 8.19. The summed E-state index contributed by atoms with van der Waals surface area (Å²) in [7, 11) is 0. The van der Waals surface area contributed by atoms with E-state index in [-0.39, 0.29) is 41.9 Å². The van der Waals surface area contributed by atoms with Crippen molar-refractivity contribution >= 4 is 35.8 Å². The van der Waals surface area contributed by atoms with Crippen LogP contribution in [0, 0.1) is 5.92 Å². The van der Waals surface area contributed by atoms with Crippen LogP contribution in [0.1, 0.15) is 39.0 Å². The Labute approximate surface area is 150 Å². The molecule has 1 atom stereocenters. The molecular weight excluding hydrogens is 395 g/mol. The number of likely N-dealkylation sites (tertiary alicyclic amines) is 1. The van der Waals surface area contributed by atoms with Gasteiger partial charge >= 0.3 is 0 Å². The number of halogens is 1. The number of nitrogens with one attached hydrogen (secondary N) is 2. The topological polar surface area (TPSA) is 77.0 Å². The molecule has 22 heavy (non-hydrogen) atoms. The van der Waals surface area contributed by atoms with E-state index in [4.69, 9.17) is 0 Å². The predicted molar refractivity (Wildman–Crippen MR) is 98.6 cm³/mol. The first-order chi connectivity index (χ1) is 10.2. The van der Waals surface area contributed by atoms with Crippen molar-refractivity contribution in [3.05, 3.63) is 0 Å². The summed E-state index contributed by atoms with van der Waals surface area (Å²) < 4.78 is 0. The van der Waals surface area contributed by atoms with Crippen LogP contribution >= 0.6 is 24.0 Å². The normalized spacial score (nSPS) is 22.0. The molecule has 1 amide bonds. The quantitative estimate of drug-likeness (QED) is 0.257. The maximum Gasteiger partial charge on any atom is 0.223 e. The van der Waals surface area contributed by atoms with Crippen molar-refractivity contribution in [1.29, 1.82) is 0 Å². The Kier molecular flexibility index (Phi) is 9.08. The summed E-state index contributed by atoms with van der Waals surface area (Å²) in [4.78, 5) is 18.3. The number of carbonyl (C=O) groups is 1. The van der Waals surface area contributed by atoms with Gasteiger partial charge in [-0.2, -0.15) is 0 Å². The fraction of sp³-hybridized carbons (Fsp3) is 0.867. The van der Waals surface area contributed by atoms with Crippen LogP contribution in [0.3, 0.4) is 0 Å². The van der Waals surface area contributed by atoms with Crippen LogP contribution in [0.15, 0.2) is 4.99 Å². The lowest BCUT2D eigenvalue weighted by atomic mass is 9.85. The molecule has 6 nitrogen and oxygen atoms in total. The highest BCUT2D eigenvalue weighted by molar-refractivity contribution is 14.0. The predicted octanol–water partition coefficient (Wildman–Crippen LogP) is 0.943. The third-order valence-electron chi connectivity index (χ3n) is 4.17. The molecule has 0 bridgehead atoms. The second-order valence-corrected chi connectivity index (χ2v) is 5.90. The number of rotatable bonds is 6. The van der Waals surface area contributed by atoms with E-state index in [1.54, 1.807) is 0 Å². The Bertz CT molecular complexity index is 375. The van der Waals surface area contributed by atoms with Gasteiger partial charge in [0.25, 0.3) is 0 Å². The van der Waals surface area contributed by atoms with Gasteiger partial charge in [0, 0.05) is 38.6 Å². The number of hydrogen-bond donors (Lipinski definition) is 3. The molecule has 2 aliphatic rings. The lowest BCUT2D eigenvalue weighted by Crippen LogP contribution is -2.40. The fourth-order valence-electron chi connectivity index (χ4n) is 2.65. The molecule has 2 fully saturated rings. The van der Waals surface area contributed by atoms with Crippen LogP contribution < -0.4 is 10.6 Å². The lowest BCUT2D eigenvalue weighted by Gasteiger charge is -2.24. The third kappa shape index (κ3) is 5.91. The Morgan fingerprint density at radius 3 is 2.64 bits per heavy atom. The molecule has 0 aromatic rings. The van der Waals surface area contributed by atoms with Crippen molar-refractivity contribution in [3.63, 3.8) is 0 Å². The molecule has 0 aromatic heterocycles. The molecule has 7 heteroatoms. The minimum absolute atomic E-state index is 0. The zero-order chi connectivity index (χ0) is 15.1. The van der Waals surface area contributed by atoms with Crippen molar-refractivity contribution in [1.82, 2.24) is 15.5 Å². The molecule has 128 valence electrons. The van der Waals surface area contributed by atoms with Crippen LogP contribution in [0.2, 0.25) is 0 Å². The summed E-state index contributed by atoms with van der Waals surface area (Å²) in [5.41, 5.74) is 0. The van der Waals surface area contributed by atoms with Gasteiger partial charge in [0.2, 0.25) is 5.91 Å². The summed E-state index contributed by atoms with van der Waals surface area (Å²) >= 11 is 0. The van der Waals surface area contributed by atoms with Gasteiger partial charge in [-0.1, -0.05) is 6.42 Å². The summed E-state index contributed by atoms with van der Waals surface area (Å²) in [6.07, 6.45) is 4.70. The number of aliphatic hydroxyl groups excluding tert-OH is 1. The fourth-order valence-corrected chi connectivity index (χ4v) is 2.65. The molecule has 0 aromatic carbocycles. The lowest BCUT2D eigenvalue weighted by molar-refractivity contribution is -0.127. The number of aliphatic hydroxyl groups is 1. The zero-order valence-corrected chi connectivity index (χ0v) is 15.7. The van der Waals surface area contributed by atoms with Crippen molar-refractivity contribution in [2.75, 3.05) is 32.7 Å². The van der Waals surface area contributed by atoms with Crippen molar-refractivity contribution in [3.8, 4) is 0 Å². The van der Waals surface area contributed by atoms with Crippen LogP contribution in [-0.2, 0) is 4.79 Å². The van der Waals surface area contributed by atoms with Gasteiger partial charge in [0.05, 0.1) is 6.10 Å². The maximum atomic E-state index is 11.7. The number of guanidine groups is 1. The van der Waals surface area contributed by atoms with E-state index in [9.17, 15) is 9.90 Å². The average molecular weight is 424 g/mol. The van der Waals surface area contributed by atoms with E-state index < -0.39 is 0 Å². The van der Waals surface area contributed by atoms with E-state index in [2.05, 4.69) is 20.5 Å². The van der Waals surface area contributed by atoms with Gasteiger partial charge in [-0.15, -0.1) is 24.0 Å². The third-order valence-corrected chi connectivity index (χ3v) is 4.17. The molecule has 1 saturated heterocycles. The van der Waals surface area contributed by atoms with Crippen LogP contribution in [-0.4, -0.2) is 60.7 Å². The Hall–Kier alpha value is -0.570. The second kappa shape index (κ2) is 10.3. The molecule has 0 spiro atoms. The van der Waals surface area contributed by atoms with E-state index in [1.807, 2.05) is 6.92 Å². The van der Waals surface area contributed by atoms with E-state index >= 15 is 0 Å². The van der Waals surface area contributed by atoms with Crippen LogP contribution in [0.25, 0.3) is 0 Å². The van der Waals surface area contributed by atoms with Gasteiger partial charge in [-0.25, -0.2) is 0 Å². The van der Waals surface area contributed by atoms with E-state index in [0.29, 0.717) is 19.6 Å². The van der Waals surface area contributed by atoms with Gasteiger partial charge in [0.1, 0.15) is 0 Å². The molecule has 1 heterocycles. The zero-order valence-electron chi connectivity index (χ0n) is 13.4. The van der Waals surface area contributed by atoms with Crippen LogP contribution in [0.4, 0.5) is 0 Å². The minimum atomic E-state index is -0.240. The number of aliphatic imine (C=N–C) groups is 1. The second-order valence-electron chi connectivity index (χ2n) is 5.90. The highest BCUT2D eigenvalue weighted by Crippen LogP contribution is 2.25. The molecule has 1 aliphatic heterocycles. The molecule has 0 radical (unpaired) electrons. The maximum absolute atomic E-state index is 11.7. The molecule has 1 saturated carbocycles. The van der Waals surface area contributed by atoms with Gasteiger partial charge < -0.3 is 20.6 Å². The van der Waals surface area contributed by atoms with Gasteiger partial charge in [-0.05, 0) is 32.6 Å². The molecule has 0 unspecified atom stereocenters. The standard InChI is InChI=1S/C15H28N4O2.HI/c1-2-16-15(19-10-7-13(20)11-19)18-9-4-8-17-14(21)12-5-3-6-12;/h12-13,20H,2-11H2,1H3,(H,16,18)(H,17,21);1H/t13-;/m1./s1. The summed E-state index contributed by atoms with van der Waals surface area (Å²) in [5.74, 6) is 1.34. The highest BCUT2D eigenvalue weighted by atomic mass is 127. The minimum Gasteiger partial charge on any atom is -0.391 e. The largest absolute Gasteiger partial charge is 0.391 e. The first kappa shape index (κ1) is 19.5. The summed E-state index contributed by atoms with van der Waals surface area (Å²) in [6.45, 7) is 5.76. The Morgan fingerprint density at radius 2 is 2.09 bits per heavy atom. The number of hydrogen-bond acceptors (Lipinski definition) is 3. The van der Waals surface area contributed by atoms with Crippen molar-refractivity contribution in [2.24, 2.45) is 10.9 Å². The monoisotopic (exact) mass is 424 g/mol. The van der Waals surface area contributed by atoms with Gasteiger partial charge in [0.15, 0.2) is 5.96 Å². The summed E-state index contributed by atoms with van der Waals surface area (Å²) in [5, 5.41) is 15.8. The van der Waals surface area contributed by atoms with Crippen molar-refractivity contribution in [2.45, 2.75) is 45.1 Å². The Balaban J connectivity index is 0.00000242. The molecule has 2 rings (SSSR count). The SMILES string of the molecule is CCNC(=NCCCNC(=O)C1CCC1)N1CC[C@@H](O)C1.I. The van der Waals surface area contributed by atoms with Gasteiger partial charge in [-0.3, -0.25) is 9.79 Å². The first-order valence-electron chi connectivity index (χ1n) is 8.19. The van der Waals surface area contributed by atoms with E-state index in [0.717, 1.165) is 44.7 Å². The molecular formula is C15H29IN4O2. The smallest absolute Gasteiger partial charge is 0.223 e. The Morgan fingerprint density at radius 1 is 1.32 bits per heavy atom. The average Bonchev–Trinajstić information content (AvgIpc) is 2.81. The van der Waals surface area contributed by atoms with Crippen LogP contribution in [0.5, 0.6) is 0 Å². The van der Waals surface area contributed by atoms with E-state index in [1.165, 1.54) is 6.42 Å². The molecule has 3 N–H and O–H groups in total.